The molecule has 0 saturated carbocycles. The maximum Gasteiger partial charge on any atom is 0.417 e. The van der Waals surface area contributed by atoms with Crippen molar-refractivity contribution in [2.75, 3.05) is 0 Å². The van der Waals surface area contributed by atoms with Crippen LogP contribution in [0.25, 0.3) is 10.6 Å². The highest BCUT2D eigenvalue weighted by Gasteiger charge is 2.34. The van der Waals surface area contributed by atoms with E-state index in [9.17, 15) is 17.6 Å². The largest absolute Gasteiger partial charge is 0.417 e. The molecule has 0 saturated heterocycles. The summed E-state index contributed by atoms with van der Waals surface area (Å²) in [5.41, 5.74) is 4.66. The fraction of sp³-hybridized carbons (Fsp3) is 0.182. The van der Waals surface area contributed by atoms with Crippen LogP contribution in [0.5, 0.6) is 0 Å². The summed E-state index contributed by atoms with van der Waals surface area (Å²) >= 11 is 1.01. The van der Waals surface area contributed by atoms with Gasteiger partial charge < -0.3 is 5.73 Å². The third-order valence-corrected chi connectivity index (χ3v) is 3.20. The number of thiazole rings is 1. The smallest absolute Gasteiger partial charge is 0.325 e. The lowest BCUT2D eigenvalue weighted by atomic mass is 10.1. The minimum absolute atomic E-state index is 0.113. The number of nitrogens with two attached hydrogens (primary N) is 1. The number of hydrogen-bond donors (Lipinski definition) is 1. The Morgan fingerprint density at radius 3 is 2.56 bits per heavy atom. The van der Waals surface area contributed by atoms with E-state index in [0.717, 1.165) is 23.5 Å². The number of benzene rings is 1. The van der Waals surface area contributed by atoms with Crippen molar-refractivity contribution in [2.24, 2.45) is 5.73 Å². The van der Waals surface area contributed by atoms with Gasteiger partial charge in [-0.15, -0.1) is 11.3 Å². The van der Waals surface area contributed by atoms with Crippen molar-refractivity contribution in [2.45, 2.75) is 12.7 Å². The minimum atomic E-state index is -4.54. The van der Waals surface area contributed by atoms with Crippen molar-refractivity contribution in [3.05, 3.63) is 40.7 Å². The first-order valence-corrected chi connectivity index (χ1v) is 5.81. The third-order valence-electron chi connectivity index (χ3n) is 2.28. The zero-order chi connectivity index (χ0) is 13.3. The van der Waals surface area contributed by atoms with Crippen LogP contribution in [0.15, 0.2) is 23.6 Å². The van der Waals surface area contributed by atoms with E-state index < -0.39 is 17.6 Å². The van der Waals surface area contributed by atoms with Crippen LogP contribution < -0.4 is 5.73 Å². The molecule has 0 aliphatic rings. The maximum atomic E-state index is 13.1. The van der Waals surface area contributed by atoms with Gasteiger partial charge in [0, 0.05) is 17.5 Å². The second kappa shape index (κ2) is 4.66. The van der Waals surface area contributed by atoms with Crippen LogP contribution in [0, 0.1) is 5.82 Å². The quantitative estimate of drug-likeness (QED) is 0.853. The molecule has 96 valence electrons. The summed E-state index contributed by atoms with van der Waals surface area (Å²) in [6.07, 6.45) is -4.54. The third kappa shape index (κ3) is 2.51. The Labute approximate surface area is 104 Å². The fourth-order valence-corrected chi connectivity index (χ4v) is 2.33. The molecule has 1 aromatic heterocycles. The number of rotatable bonds is 2. The van der Waals surface area contributed by atoms with E-state index >= 15 is 0 Å². The number of alkyl halides is 3. The SMILES string of the molecule is NCc1csc(-c2cc(F)ccc2C(F)(F)F)n1. The molecule has 0 radical (unpaired) electrons. The molecule has 0 unspecified atom stereocenters. The van der Waals surface area contributed by atoms with Gasteiger partial charge in [0.05, 0.1) is 11.3 Å². The Hall–Kier alpha value is -1.47. The average Bonchev–Trinajstić information content (AvgIpc) is 2.75. The molecule has 7 heteroatoms. The van der Waals surface area contributed by atoms with E-state index in [1.165, 1.54) is 0 Å². The Morgan fingerprint density at radius 2 is 2.00 bits per heavy atom. The van der Waals surface area contributed by atoms with Crippen LogP contribution >= 0.6 is 11.3 Å². The lowest BCUT2D eigenvalue weighted by molar-refractivity contribution is -0.137. The summed E-state index contributed by atoms with van der Waals surface area (Å²) < 4.78 is 51.4. The zero-order valence-corrected chi connectivity index (χ0v) is 9.78. The highest BCUT2D eigenvalue weighted by molar-refractivity contribution is 7.13. The number of hydrogen-bond acceptors (Lipinski definition) is 3. The summed E-state index contributed by atoms with van der Waals surface area (Å²) in [6, 6.07) is 2.33. The Kier molecular flexibility index (Phi) is 3.36. The maximum absolute atomic E-state index is 13.1. The average molecular weight is 276 g/mol. The van der Waals surface area contributed by atoms with Crippen molar-refractivity contribution < 1.29 is 17.6 Å². The van der Waals surface area contributed by atoms with Crippen LogP contribution in [0.3, 0.4) is 0 Å². The molecule has 0 fully saturated rings. The molecular formula is C11H8F4N2S. The molecule has 1 aromatic carbocycles. The first-order valence-electron chi connectivity index (χ1n) is 4.93. The van der Waals surface area contributed by atoms with Gasteiger partial charge in [0.2, 0.25) is 0 Å². The summed E-state index contributed by atoms with van der Waals surface area (Å²) in [7, 11) is 0. The molecule has 0 amide bonds. The lowest BCUT2D eigenvalue weighted by Gasteiger charge is -2.10. The number of halogens is 4. The topological polar surface area (TPSA) is 38.9 Å². The summed E-state index contributed by atoms with van der Waals surface area (Å²) in [5, 5.41) is 1.67. The normalized spacial score (nSPS) is 11.8. The monoisotopic (exact) mass is 276 g/mol. The number of nitrogens with zero attached hydrogens (tertiary/aromatic N) is 1. The van der Waals surface area contributed by atoms with Crippen molar-refractivity contribution in [3.8, 4) is 10.6 Å². The Balaban J connectivity index is 2.58. The van der Waals surface area contributed by atoms with Crippen LogP contribution in [0.1, 0.15) is 11.3 Å². The van der Waals surface area contributed by atoms with Crippen LogP contribution in [0.4, 0.5) is 17.6 Å². The standard InChI is InChI=1S/C11H8F4N2S/c12-6-1-2-9(11(13,14)15)8(3-6)10-17-7(4-16)5-18-10/h1-3,5H,4,16H2. The van der Waals surface area contributed by atoms with Gasteiger partial charge in [0.15, 0.2) is 0 Å². The zero-order valence-electron chi connectivity index (χ0n) is 8.96. The van der Waals surface area contributed by atoms with Crippen LogP contribution in [-0.2, 0) is 12.7 Å². The van der Waals surface area contributed by atoms with Gasteiger partial charge in [-0.1, -0.05) is 0 Å². The molecule has 18 heavy (non-hydrogen) atoms. The molecule has 0 atom stereocenters. The molecule has 0 aliphatic carbocycles. The second-order valence-corrected chi connectivity index (χ2v) is 4.39. The number of aromatic nitrogens is 1. The molecule has 1 heterocycles. The second-order valence-electron chi connectivity index (χ2n) is 3.54. The molecule has 2 nitrogen and oxygen atoms in total. The van der Waals surface area contributed by atoms with E-state index in [0.29, 0.717) is 11.8 Å². The van der Waals surface area contributed by atoms with Crippen molar-refractivity contribution in [1.29, 1.82) is 0 Å². The first-order chi connectivity index (χ1) is 8.41. The van der Waals surface area contributed by atoms with E-state index in [4.69, 9.17) is 5.73 Å². The van der Waals surface area contributed by atoms with Crippen molar-refractivity contribution in [1.82, 2.24) is 4.98 Å². The molecule has 2 aromatic rings. The van der Waals surface area contributed by atoms with Gasteiger partial charge in [-0.25, -0.2) is 9.37 Å². The van der Waals surface area contributed by atoms with Gasteiger partial charge in [0.25, 0.3) is 0 Å². The van der Waals surface area contributed by atoms with Crippen molar-refractivity contribution in [3.63, 3.8) is 0 Å². The summed E-state index contributed by atoms with van der Waals surface area (Å²) in [4.78, 5) is 3.94. The molecule has 2 N–H and O–H groups in total. The van der Waals surface area contributed by atoms with Gasteiger partial charge in [0.1, 0.15) is 10.8 Å². The van der Waals surface area contributed by atoms with E-state index in [1.807, 2.05) is 0 Å². The van der Waals surface area contributed by atoms with Gasteiger partial charge in [-0.3, -0.25) is 0 Å². The van der Waals surface area contributed by atoms with E-state index in [-0.39, 0.29) is 17.1 Å². The molecule has 0 bridgehead atoms. The molecular weight excluding hydrogens is 268 g/mol. The van der Waals surface area contributed by atoms with Crippen LogP contribution in [-0.4, -0.2) is 4.98 Å². The predicted molar refractivity (Wildman–Crippen MR) is 60.4 cm³/mol. The minimum Gasteiger partial charge on any atom is -0.325 e. The Morgan fingerprint density at radius 1 is 1.28 bits per heavy atom. The first kappa shape index (κ1) is 13.0. The molecule has 0 spiro atoms. The highest BCUT2D eigenvalue weighted by atomic mass is 32.1. The van der Waals surface area contributed by atoms with Crippen molar-refractivity contribution >= 4 is 11.3 Å². The fourth-order valence-electron chi connectivity index (χ4n) is 1.47. The predicted octanol–water partition coefficient (Wildman–Crippen LogP) is 3.43. The molecule has 0 aliphatic heterocycles. The Bertz CT molecular complexity index is 562. The van der Waals surface area contributed by atoms with Gasteiger partial charge in [-0.2, -0.15) is 13.2 Å². The summed E-state index contributed by atoms with van der Waals surface area (Å²) in [5.74, 6) is -0.734. The lowest BCUT2D eigenvalue weighted by Crippen LogP contribution is -2.07. The van der Waals surface area contributed by atoms with Gasteiger partial charge >= 0.3 is 6.18 Å². The van der Waals surface area contributed by atoms with E-state index in [2.05, 4.69) is 4.98 Å². The van der Waals surface area contributed by atoms with Gasteiger partial charge in [-0.05, 0) is 18.2 Å². The highest BCUT2D eigenvalue weighted by Crippen LogP contribution is 2.38. The summed E-state index contributed by atoms with van der Waals surface area (Å²) in [6.45, 7) is 0.132. The van der Waals surface area contributed by atoms with E-state index in [1.54, 1.807) is 5.38 Å². The van der Waals surface area contributed by atoms with Crippen LogP contribution in [0.2, 0.25) is 0 Å². The molecule has 2 rings (SSSR count).